The summed E-state index contributed by atoms with van der Waals surface area (Å²) < 4.78 is 5.37. The van der Waals surface area contributed by atoms with Crippen LogP contribution in [0.1, 0.15) is 32.1 Å². The van der Waals surface area contributed by atoms with Crippen molar-refractivity contribution in [3.63, 3.8) is 0 Å². The van der Waals surface area contributed by atoms with Crippen LogP contribution in [0.25, 0.3) is 0 Å². The molecule has 4 aromatic rings. The van der Waals surface area contributed by atoms with Crippen molar-refractivity contribution >= 4 is 29.3 Å². The molecular weight excluding hydrogens is 406 g/mol. The molecule has 0 fully saturated rings. The Labute approximate surface area is 184 Å². The number of hydrogen-bond acceptors (Lipinski definition) is 8. The molecule has 0 aliphatic rings. The summed E-state index contributed by atoms with van der Waals surface area (Å²) in [6, 6.07) is 24.5. The number of rotatable bonds is 7. The zero-order valence-corrected chi connectivity index (χ0v) is 16.9. The Hall–Kier alpha value is -4.59. The maximum atomic E-state index is 12.8. The van der Waals surface area contributed by atoms with Crippen molar-refractivity contribution in [1.82, 2.24) is 15.0 Å². The summed E-state index contributed by atoms with van der Waals surface area (Å²) in [5.41, 5.74) is 7.44. The molecule has 0 bridgehead atoms. The van der Waals surface area contributed by atoms with Crippen LogP contribution in [0.5, 0.6) is 0 Å². The number of nitrogen functional groups attached to an aromatic ring is 1. The fraction of sp³-hybridized carbons (Fsp3) is 0.0417. The van der Waals surface area contributed by atoms with E-state index in [0.29, 0.717) is 5.56 Å². The predicted molar refractivity (Wildman–Crippen MR) is 119 cm³/mol. The van der Waals surface area contributed by atoms with Gasteiger partial charge in [-0.25, -0.2) is 4.79 Å². The molecule has 0 saturated heterocycles. The number of ether oxygens (including phenoxy) is 1. The Bertz CT molecular complexity index is 1250. The molecule has 0 atom stereocenters. The second kappa shape index (κ2) is 9.48. The SMILES string of the molecule is Nc1nc(COC(=O)c2ccccc2C(=O)c2ccccc2)nc(Nc2ccccc2)n1. The lowest BCUT2D eigenvalue weighted by Gasteiger charge is -2.10. The molecule has 4 rings (SSSR count). The van der Waals surface area contributed by atoms with E-state index in [1.165, 1.54) is 0 Å². The normalized spacial score (nSPS) is 10.4. The topological polar surface area (TPSA) is 120 Å². The smallest absolute Gasteiger partial charge is 0.339 e. The summed E-state index contributed by atoms with van der Waals surface area (Å²) in [5.74, 6) is -0.534. The fourth-order valence-corrected chi connectivity index (χ4v) is 3.02. The number of benzene rings is 3. The molecule has 8 nitrogen and oxygen atoms in total. The van der Waals surface area contributed by atoms with E-state index in [0.717, 1.165) is 5.69 Å². The van der Waals surface area contributed by atoms with Crippen LogP contribution in [-0.2, 0) is 11.3 Å². The molecule has 0 spiro atoms. The van der Waals surface area contributed by atoms with Crippen molar-refractivity contribution in [3.8, 4) is 0 Å². The van der Waals surface area contributed by atoms with Crippen LogP contribution in [0.2, 0.25) is 0 Å². The largest absolute Gasteiger partial charge is 0.454 e. The number of anilines is 3. The van der Waals surface area contributed by atoms with Crippen LogP contribution in [0.15, 0.2) is 84.9 Å². The Kier molecular flexibility index (Phi) is 6.12. The van der Waals surface area contributed by atoms with Crippen LogP contribution in [0.3, 0.4) is 0 Å². The summed E-state index contributed by atoms with van der Waals surface area (Å²) in [6.45, 7) is -0.233. The van der Waals surface area contributed by atoms with Gasteiger partial charge in [0, 0.05) is 16.8 Å². The minimum absolute atomic E-state index is 0.0101. The molecule has 3 N–H and O–H groups in total. The highest BCUT2D eigenvalue weighted by molar-refractivity contribution is 6.14. The third kappa shape index (κ3) is 4.93. The molecule has 0 unspecified atom stereocenters. The Morgan fingerprint density at radius 3 is 2.12 bits per heavy atom. The number of nitrogens with one attached hydrogen (secondary N) is 1. The van der Waals surface area contributed by atoms with Gasteiger partial charge < -0.3 is 15.8 Å². The van der Waals surface area contributed by atoms with E-state index in [9.17, 15) is 9.59 Å². The summed E-state index contributed by atoms with van der Waals surface area (Å²) >= 11 is 0. The number of nitrogens with zero attached hydrogens (tertiary/aromatic N) is 3. The first-order valence-electron chi connectivity index (χ1n) is 9.78. The van der Waals surface area contributed by atoms with E-state index >= 15 is 0 Å². The van der Waals surface area contributed by atoms with Gasteiger partial charge in [0.1, 0.15) is 0 Å². The number of ketones is 1. The van der Waals surface area contributed by atoms with E-state index in [-0.39, 0.29) is 41.2 Å². The van der Waals surface area contributed by atoms with Crippen molar-refractivity contribution in [2.24, 2.45) is 0 Å². The van der Waals surface area contributed by atoms with Crippen molar-refractivity contribution in [2.75, 3.05) is 11.1 Å². The van der Waals surface area contributed by atoms with Gasteiger partial charge in [0.2, 0.25) is 11.9 Å². The van der Waals surface area contributed by atoms with Gasteiger partial charge in [-0.3, -0.25) is 4.79 Å². The van der Waals surface area contributed by atoms with Gasteiger partial charge in [0.25, 0.3) is 0 Å². The van der Waals surface area contributed by atoms with E-state index in [1.807, 2.05) is 36.4 Å². The van der Waals surface area contributed by atoms with Gasteiger partial charge in [-0.15, -0.1) is 0 Å². The first-order valence-corrected chi connectivity index (χ1v) is 9.78. The van der Waals surface area contributed by atoms with Gasteiger partial charge in [0.15, 0.2) is 18.2 Å². The standard InChI is InChI=1S/C24H19N5O3/c25-23-27-20(28-24(29-23)26-17-11-5-2-6-12-17)15-32-22(31)19-14-8-7-13-18(19)21(30)16-9-3-1-4-10-16/h1-14H,15H2,(H3,25,26,27,28,29). The van der Waals surface area contributed by atoms with Crippen molar-refractivity contribution in [1.29, 1.82) is 0 Å². The number of esters is 1. The number of hydrogen-bond donors (Lipinski definition) is 2. The minimum Gasteiger partial charge on any atom is -0.454 e. The molecule has 0 radical (unpaired) electrons. The molecule has 0 saturated carbocycles. The maximum absolute atomic E-state index is 12.8. The fourth-order valence-electron chi connectivity index (χ4n) is 3.02. The first kappa shape index (κ1) is 20.7. The summed E-state index contributed by atoms with van der Waals surface area (Å²) in [7, 11) is 0. The van der Waals surface area contributed by atoms with E-state index in [4.69, 9.17) is 10.5 Å². The number of aromatic nitrogens is 3. The average Bonchev–Trinajstić information content (AvgIpc) is 2.83. The average molecular weight is 425 g/mol. The maximum Gasteiger partial charge on any atom is 0.339 e. The lowest BCUT2D eigenvalue weighted by Crippen LogP contribution is -2.14. The molecule has 8 heteroatoms. The molecule has 1 aromatic heterocycles. The molecule has 0 aliphatic heterocycles. The molecule has 0 amide bonds. The highest BCUT2D eigenvalue weighted by atomic mass is 16.5. The lowest BCUT2D eigenvalue weighted by molar-refractivity contribution is 0.0459. The number of carbonyl (C=O) groups is 2. The second-order valence-corrected chi connectivity index (χ2v) is 6.74. The Morgan fingerprint density at radius 1 is 0.781 bits per heavy atom. The minimum atomic E-state index is -0.665. The molecule has 158 valence electrons. The second-order valence-electron chi connectivity index (χ2n) is 6.74. The van der Waals surface area contributed by atoms with Gasteiger partial charge in [-0.2, -0.15) is 15.0 Å². The molecule has 32 heavy (non-hydrogen) atoms. The molecular formula is C24H19N5O3. The van der Waals surface area contributed by atoms with Crippen molar-refractivity contribution in [2.45, 2.75) is 6.61 Å². The monoisotopic (exact) mass is 425 g/mol. The van der Waals surface area contributed by atoms with Crippen molar-refractivity contribution < 1.29 is 14.3 Å². The van der Waals surface area contributed by atoms with Crippen LogP contribution in [0, 0.1) is 0 Å². The van der Waals surface area contributed by atoms with Crippen molar-refractivity contribution in [3.05, 3.63) is 107 Å². The quantitative estimate of drug-likeness (QED) is 0.339. The zero-order chi connectivity index (χ0) is 22.3. The van der Waals surface area contributed by atoms with Crippen LogP contribution >= 0.6 is 0 Å². The summed E-state index contributed by atoms with van der Waals surface area (Å²) in [5, 5.41) is 3.02. The van der Waals surface area contributed by atoms with Crippen LogP contribution in [-0.4, -0.2) is 26.7 Å². The van der Waals surface area contributed by atoms with E-state index in [1.54, 1.807) is 48.5 Å². The third-order valence-electron chi connectivity index (χ3n) is 4.49. The third-order valence-corrected chi connectivity index (χ3v) is 4.49. The number of nitrogens with two attached hydrogens (primary N) is 1. The Balaban J connectivity index is 1.49. The van der Waals surface area contributed by atoms with E-state index < -0.39 is 5.97 Å². The zero-order valence-electron chi connectivity index (χ0n) is 16.9. The molecule has 3 aromatic carbocycles. The van der Waals surface area contributed by atoms with Crippen LogP contribution < -0.4 is 11.1 Å². The summed E-state index contributed by atoms with van der Waals surface area (Å²) in [6.07, 6.45) is 0. The highest BCUT2D eigenvalue weighted by Crippen LogP contribution is 2.17. The predicted octanol–water partition coefficient (Wildman–Crippen LogP) is 3.79. The van der Waals surface area contributed by atoms with Gasteiger partial charge in [0.05, 0.1) is 5.56 Å². The van der Waals surface area contributed by atoms with Gasteiger partial charge in [-0.05, 0) is 18.2 Å². The molecule has 1 heterocycles. The first-order chi connectivity index (χ1) is 15.6. The number of carbonyl (C=O) groups excluding carboxylic acids is 2. The molecule has 0 aliphatic carbocycles. The highest BCUT2D eigenvalue weighted by Gasteiger charge is 2.19. The van der Waals surface area contributed by atoms with Gasteiger partial charge in [-0.1, -0.05) is 66.7 Å². The van der Waals surface area contributed by atoms with E-state index in [2.05, 4.69) is 20.3 Å². The Morgan fingerprint density at radius 2 is 1.41 bits per heavy atom. The lowest BCUT2D eigenvalue weighted by atomic mass is 9.98. The number of para-hydroxylation sites is 1. The van der Waals surface area contributed by atoms with Crippen LogP contribution in [0.4, 0.5) is 17.6 Å². The summed E-state index contributed by atoms with van der Waals surface area (Å²) in [4.78, 5) is 37.9. The van der Waals surface area contributed by atoms with Gasteiger partial charge >= 0.3 is 5.97 Å².